The first-order valence-electron chi connectivity index (χ1n) is 7.36. The number of carboxylic acid groups (broad SMARTS) is 1. The van der Waals surface area contributed by atoms with Gasteiger partial charge in [-0.1, -0.05) is 6.42 Å². The van der Waals surface area contributed by atoms with Crippen molar-refractivity contribution in [1.29, 1.82) is 0 Å². The summed E-state index contributed by atoms with van der Waals surface area (Å²) >= 11 is 0. The van der Waals surface area contributed by atoms with E-state index in [2.05, 4.69) is 0 Å². The highest BCUT2D eigenvalue weighted by molar-refractivity contribution is 5.65. The average molecular weight is 277 g/mol. The summed E-state index contributed by atoms with van der Waals surface area (Å²) < 4.78 is 5.14. The Kier molecular flexibility index (Phi) is 5.41. The average Bonchev–Trinajstić information content (AvgIpc) is 2.48. The van der Waals surface area contributed by atoms with Crippen LogP contribution >= 0.6 is 0 Å². The molecule has 0 amide bonds. The van der Waals surface area contributed by atoms with E-state index < -0.39 is 5.97 Å². The highest BCUT2D eigenvalue weighted by Crippen LogP contribution is 2.16. The molecule has 0 bridgehead atoms. The molecule has 1 fully saturated rings. The molecule has 110 valence electrons. The number of hydrogen-bond acceptors (Lipinski definition) is 3. The van der Waals surface area contributed by atoms with E-state index in [4.69, 9.17) is 4.74 Å². The van der Waals surface area contributed by atoms with Crippen LogP contribution < -0.4 is 14.7 Å². The van der Waals surface area contributed by atoms with E-state index >= 15 is 0 Å². The molecule has 20 heavy (non-hydrogen) atoms. The van der Waals surface area contributed by atoms with Crippen LogP contribution in [0.2, 0.25) is 0 Å². The van der Waals surface area contributed by atoms with Gasteiger partial charge in [0.15, 0.2) is 0 Å². The number of aliphatic carboxylic acids is 1. The van der Waals surface area contributed by atoms with Crippen molar-refractivity contribution in [2.75, 3.05) is 13.7 Å². The van der Waals surface area contributed by atoms with Gasteiger partial charge in [0.25, 0.3) is 0 Å². The van der Waals surface area contributed by atoms with E-state index in [-0.39, 0.29) is 6.54 Å². The fourth-order valence-electron chi connectivity index (χ4n) is 3.05. The monoisotopic (exact) mass is 277 g/mol. The fourth-order valence-corrected chi connectivity index (χ4v) is 3.05. The predicted molar refractivity (Wildman–Crippen MR) is 74.4 cm³/mol. The maximum Gasteiger partial charge on any atom is 0.118 e. The van der Waals surface area contributed by atoms with Crippen LogP contribution in [-0.4, -0.2) is 25.7 Å². The first-order chi connectivity index (χ1) is 9.69. The third-order valence-corrected chi connectivity index (χ3v) is 4.14. The van der Waals surface area contributed by atoms with Gasteiger partial charge in [0, 0.05) is 5.56 Å². The Hall–Kier alpha value is -1.55. The SMILES string of the molecule is COc1ccc(C[NH+](CC(=O)[O-])C2CCCCC2)cc1. The fraction of sp³-hybridized carbons (Fsp3) is 0.562. The zero-order valence-corrected chi connectivity index (χ0v) is 12.1. The summed E-state index contributed by atoms with van der Waals surface area (Å²) in [7, 11) is 1.64. The molecule has 0 aromatic heterocycles. The van der Waals surface area contributed by atoms with Crippen molar-refractivity contribution in [2.24, 2.45) is 0 Å². The number of ether oxygens (including phenoxy) is 1. The zero-order chi connectivity index (χ0) is 14.4. The molecule has 1 aliphatic carbocycles. The molecule has 0 heterocycles. The summed E-state index contributed by atoms with van der Waals surface area (Å²) in [6, 6.07) is 8.32. The van der Waals surface area contributed by atoms with Crippen LogP contribution in [0.25, 0.3) is 0 Å². The standard InChI is InChI=1S/C16H23NO3/c1-20-15-9-7-13(8-10-15)11-17(12-16(18)19)14-5-3-2-4-6-14/h7-10,14H,2-6,11-12H2,1H3,(H,18,19). The molecule has 0 spiro atoms. The van der Waals surface area contributed by atoms with E-state index in [9.17, 15) is 9.90 Å². The second-order valence-corrected chi connectivity index (χ2v) is 5.57. The number of carboxylic acids is 1. The molecule has 1 unspecified atom stereocenters. The number of methoxy groups -OCH3 is 1. The van der Waals surface area contributed by atoms with Crippen LogP contribution in [0.4, 0.5) is 0 Å². The minimum absolute atomic E-state index is 0.0939. The third-order valence-electron chi connectivity index (χ3n) is 4.14. The van der Waals surface area contributed by atoms with Crippen LogP contribution in [0.3, 0.4) is 0 Å². The Bertz CT molecular complexity index is 424. The van der Waals surface area contributed by atoms with Gasteiger partial charge in [0.2, 0.25) is 0 Å². The van der Waals surface area contributed by atoms with Gasteiger partial charge in [-0.15, -0.1) is 0 Å². The molecule has 0 saturated heterocycles. The van der Waals surface area contributed by atoms with Gasteiger partial charge in [-0.3, -0.25) is 0 Å². The van der Waals surface area contributed by atoms with Crippen LogP contribution in [0.5, 0.6) is 5.75 Å². The van der Waals surface area contributed by atoms with Gasteiger partial charge in [-0.25, -0.2) is 0 Å². The lowest BCUT2D eigenvalue weighted by atomic mass is 9.94. The predicted octanol–water partition coefficient (Wildman–Crippen LogP) is 0.163. The maximum absolute atomic E-state index is 11.0. The number of carbonyl (C=O) groups is 1. The summed E-state index contributed by atoms with van der Waals surface area (Å²) in [5.41, 5.74) is 1.15. The van der Waals surface area contributed by atoms with E-state index in [1.807, 2.05) is 24.3 Å². The Morgan fingerprint density at radius 1 is 1.25 bits per heavy atom. The zero-order valence-electron chi connectivity index (χ0n) is 12.1. The lowest BCUT2D eigenvalue weighted by Gasteiger charge is -2.31. The van der Waals surface area contributed by atoms with Crippen LogP contribution in [-0.2, 0) is 11.3 Å². The summed E-state index contributed by atoms with van der Waals surface area (Å²) in [5, 5.41) is 11.0. The Morgan fingerprint density at radius 2 is 1.90 bits per heavy atom. The van der Waals surface area contributed by atoms with Crippen molar-refractivity contribution in [3.63, 3.8) is 0 Å². The largest absolute Gasteiger partial charge is 0.544 e. The van der Waals surface area contributed by atoms with Gasteiger partial charge >= 0.3 is 0 Å². The summed E-state index contributed by atoms with van der Waals surface area (Å²) in [5.74, 6) is -0.132. The first kappa shape index (κ1) is 14.9. The van der Waals surface area contributed by atoms with E-state index in [1.165, 1.54) is 19.3 Å². The second-order valence-electron chi connectivity index (χ2n) is 5.57. The molecule has 1 N–H and O–H groups in total. The number of benzene rings is 1. The van der Waals surface area contributed by atoms with Crippen LogP contribution in [0.15, 0.2) is 24.3 Å². The molecular formula is C16H23NO3. The van der Waals surface area contributed by atoms with Gasteiger partial charge in [0.05, 0.1) is 19.1 Å². The second kappa shape index (κ2) is 7.29. The van der Waals surface area contributed by atoms with E-state index in [1.54, 1.807) is 7.11 Å². The van der Waals surface area contributed by atoms with Crippen molar-refractivity contribution in [1.82, 2.24) is 0 Å². The smallest absolute Gasteiger partial charge is 0.118 e. The Labute approximate surface area is 120 Å². The van der Waals surface area contributed by atoms with E-state index in [0.717, 1.165) is 35.6 Å². The highest BCUT2D eigenvalue weighted by atomic mass is 16.5. The molecule has 4 nitrogen and oxygen atoms in total. The Balaban J connectivity index is 2.03. The minimum atomic E-state index is -0.959. The molecule has 0 radical (unpaired) electrons. The molecule has 1 aromatic rings. The molecule has 0 aliphatic heterocycles. The maximum atomic E-state index is 11.0. The number of carbonyl (C=O) groups excluding carboxylic acids is 1. The number of nitrogens with one attached hydrogen (secondary N) is 1. The van der Waals surface area contributed by atoms with Crippen molar-refractivity contribution in [3.8, 4) is 5.75 Å². The number of hydrogen-bond donors (Lipinski definition) is 1. The summed E-state index contributed by atoms with van der Waals surface area (Å²) in [6.45, 7) is 0.833. The number of rotatable bonds is 6. The topological polar surface area (TPSA) is 53.8 Å². The molecular weight excluding hydrogens is 254 g/mol. The lowest BCUT2D eigenvalue weighted by molar-refractivity contribution is -0.934. The molecule has 1 saturated carbocycles. The first-order valence-corrected chi connectivity index (χ1v) is 7.36. The van der Waals surface area contributed by atoms with Crippen LogP contribution in [0.1, 0.15) is 37.7 Å². The molecule has 2 rings (SSSR count). The van der Waals surface area contributed by atoms with Crippen LogP contribution in [0, 0.1) is 0 Å². The van der Waals surface area contributed by atoms with Gasteiger partial charge in [0.1, 0.15) is 18.8 Å². The van der Waals surface area contributed by atoms with Gasteiger partial charge in [-0.05, 0) is 49.9 Å². The van der Waals surface area contributed by atoms with Crippen molar-refractivity contribution in [2.45, 2.75) is 44.7 Å². The minimum Gasteiger partial charge on any atom is -0.544 e. The van der Waals surface area contributed by atoms with Crippen molar-refractivity contribution in [3.05, 3.63) is 29.8 Å². The van der Waals surface area contributed by atoms with Gasteiger partial charge in [-0.2, -0.15) is 0 Å². The highest BCUT2D eigenvalue weighted by Gasteiger charge is 2.24. The summed E-state index contributed by atoms with van der Waals surface area (Å²) in [6.07, 6.45) is 5.95. The molecule has 1 atom stereocenters. The Morgan fingerprint density at radius 3 is 2.45 bits per heavy atom. The normalized spacial score (nSPS) is 17.6. The molecule has 4 heteroatoms. The van der Waals surface area contributed by atoms with E-state index in [0.29, 0.717) is 6.04 Å². The quantitative estimate of drug-likeness (QED) is 0.806. The van der Waals surface area contributed by atoms with Gasteiger partial charge < -0.3 is 19.5 Å². The lowest BCUT2D eigenvalue weighted by Crippen LogP contribution is -3.15. The van der Waals surface area contributed by atoms with Crippen molar-refractivity contribution < 1.29 is 19.5 Å². The summed E-state index contributed by atoms with van der Waals surface area (Å²) in [4.78, 5) is 12.1. The van der Waals surface area contributed by atoms with Crippen molar-refractivity contribution >= 4 is 5.97 Å². The third kappa shape index (κ3) is 4.23. The number of quaternary nitrogens is 1. The molecule has 1 aromatic carbocycles. The molecule has 1 aliphatic rings.